The van der Waals surface area contributed by atoms with Crippen molar-refractivity contribution in [2.75, 3.05) is 0 Å². The predicted octanol–water partition coefficient (Wildman–Crippen LogP) is 11.2. The first kappa shape index (κ1) is 29.8. The summed E-state index contributed by atoms with van der Waals surface area (Å²) in [5, 5.41) is 0. The van der Waals surface area contributed by atoms with Crippen LogP contribution in [0.4, 0.5) is 0 Å². The molecule has 6 aliphatic carbocycles. The van der Waals surface area contributed by atoms with Crippen molar-refractivity contribution in [3.05, 3.63) is 174 Å². The Bertz CT molecular complexity index is 2610. The Morgan fingerprint density at radius 2 is 1.24 bits per heavy atom. The van der Waals surface area contributed by atoms with Crippen LogP contribution in [-0.4, -0.2) is 15.0 Å². The van der Waals surface area contributed by atoms with E-state index in [1.165, 1.54) is 65.5 Å². The van der Waals surface area contributed by atoms with Gasteiger partial charge in [0.05, 0.1) is 11.0 Å². The van der Waals surface area contributed by atoms with Gasteiger partial charge in [0.1, 0.15) is 17.3 Å². The first-order chi connectivity index (χ1) is 26.7. The van der Waals surface area contributed by atoms with Crippen LogP contribution in [0.15, 0.2) is 146 Å². The summed E-state index contributed by atoms with van der Waals surface area (Å²) in [4.78, 5) is 16.4. The van der Waals surface area contributed by atoms with E-state index in [0.29, 0.717) is 5.41 Å². The number of fused-ring (bicyclic) bond motifs is 10. The fourth-order valence-corrected chi connectivity index (χ4v) is 13.2. The molecule has 0 amide bonds. The quantitative estimate of drug-likeness (QED) is 0.184. The number of benzene rings is 5. The van der Waals surface area contributed by atoms with Crippen LogP contribution in [0, 0.1) is 29.1 Å². The molecule has 4 saturated carbocycles. The van der Waals surface area contributed by atoms with Crippen molar-refractivity contribution in [2.24, 2.45) is 29.1 Å². The molecule has 7 aliphatic rings. The van der Waals surface area contributed by atoms with Crippen molar-refractivity contribution in [1.82, 2.24) is 15.0 Å². The highest BCUT2D eigenvalue weighted by Gasteiger charge is 2.78. The Hall–Kier alpha value is -5.61. The number of allylic oxidation sites excluding steroid dienone is 4. The Morgan fingerprint density at radius 1 is 0.556 bits per heavy atom. The number of rotatable bonds is 4. The van der Waals surface area contributed by atoms with Crippen molar-refractivity contribution in [1.29, 1.82) is 0 Å². The van der Waals surface area contributed by atoms with Crippen LogP contribution in [0.5, 0.6) is 11.5 Å². The Labute approximate surface area is 315 Å². The average Bonchev–Trinajstić information content (AvgIpc) is 3.83. The van der Waals surface area contributed by atoms with Crippen molar-refractivity contribution in [3.8, 4) is 45.4 Å². The van der Waals surface area contributed by atoms with Gasteiger partial charge in [0.15, 0.2) is 11.6 Å². The van der Waals surface area contributed by atoms with Gasteiger partial charge in [-0.2, -0.15) is 0 Å². The molecular formula is C50H39N3O. The molecular weight excluding hydrogens is 659 g/mol. The van der Waals surface area contributed by atoms with Gasteiger partial charge in [0, 0.05) is 33.9 Å². The molecule has 2 heterocycles. The first-order valence-electron chi connectivity index (χ1n) is 19.9. The van der Waals surface area contributed by atoms with Crippen molar-refractivity contribution in [3.63, 3.8) is 0 Å². The molecule has 5 unspecified atom stereocenters. The van der Waals surface area contributed by atoms with E-state index in [1.807, 2.05) is 0 Å². The number of hydrogen-bond acceptors (Lipinski definition) is 4. The lowest BCUT2D eigenvalue weighted by atomic mass is 9.38. The van der Waals surface area contributed by atoms with Gasteiger partial charge in [-0.15, -0.1) is 0 Å². The standard InChI is InChI=1S/C50H39N3O/c1-2-11-30(12-3-1)31-21-23-32(24-22-31)45-51-46(53-47(52-45)48-27-34-25-33-26-35(28-48)49(33,34)29-48)38-15-10-19-42-44(38)54-43-20-9-8-18-41(43)50(42)39-16-6-4-13-36(39)37-14-5-7-17-40(37)50/h1-24,33-36,39H,25-29H2/t33-,34+,35?,36?,39?,48?,49+,50?/m1/s1. The second kappa shape index (κ2) is 10.3. The summed E-state index contributed by atoms with van der Waals surface area (Å²) in [7, 11) is 0. The molecule has 8 atom stereocenters. The normalized spacial score (nSPS) is 32.1. The van der Waals surface area contributed by atoms with Crippen LogP contribution in [0.1, 0.15) is 66.1 Å². The highest BCUT2D eigenvalue weighted by Crippen LogP contribution is 2.84. The van der Waals surface area contributed by atoms with Crippen LogP contribution in [0.3, 0.4) is 0 Å². The van der Waals surface area contributed by atoms with E-state index in [-0.39, 0.29) is 17.3 Å². The van der Waals surface area contributed by atoms with Crippen LogP contribution < -0.4 is 4.74 Å². The van der Waals surface area contributed by atoms with E-state index < -0.39 is 5.41 Å². The Morgan fingerprint density at radius 3 is 2.06 bits per heavy atom. The van der Waals surface area contributed by atoms with Crippen LogP contribution in [-0.2, 0) is 10.8 Å². The van der Waals surface area contributed by atoms with E-state index in [9.17, 15) is 0 Å². The molecule has 54 heavy (non-hydrogen) atoms. The van der Waals surface area contributed by atoms with E-state index in [0.717, 1.165) is 57.9 Å². The number of aromatic nitrogens is 3. The highest BCUT2D eigenvalue weighted by atomic mass is 16.5. The van der Waals surface area contributed by atoms with Gasteiger partial charge in [-0.3, -0.25) is 0 Å². The van der Waals surface area contributed by atoms with Gasteiger partial charge in [-0.05, 0) is 89.7 Å². The van der Waals surface area contributed by atoms with Gasteiger partial charge in [0.25, 0.3) is 0 Å². The van der Waals surface area contributed by atoms with Crippen LogP contribution in [0.2, 0.25) is 0 Å². The minimum atomic E-state index is -0.420. The van der Waals surface area contributed by atoms with Crippen LogP contribution in [0.25, 0.3) is 33.9 Å². The average molecular weight is 698 g/mol. The summed E-state index contributed by atoms with van der Waals surface area (Å²) < 4.78 is 7.10. The predicted molar refractivity (Wildman–Crippen MR) is 211 cm³/mol. The van der Waals surface area contributed by atoms with Gasteiger partial charge >= 0.3 is 0 Å². The summed E-state index contributed by atoms with van der Waals surface area (Å²) in [6.07, 6.45) is 15.7. The molecule has 1 aromatic heterocycles. The fourth-order valence-electron chi connectivity index (χ4n) is 13.2. The summed E-state index contributed by atoms with van der Waals surface area (Å²) >= 11 is 0. The molecule has 4 nitrogen and oxygen atoms in total. The molecule has 2 spiro atoms. The van der Waals surface area contributed by atoms with Gasteiger partial charge in [0.2, 0.25) is 0 Å². The maximum atomic E-state index is 7.10. The maximum Gasteiger partial charge on any atom is 0.167 e. The molecule has 0 radical (unpaired) electrons. The lowest BCUT2D eigenvalue weighted by Crippen LogP contribution is -2.59. The number of hydrogen-bond donors (Lipinski definition) is 0. The summed E-state index contributed by atoms with van der Waals surface area (Å²) in [6.45, 7) is 0. The maximum absolute atomic E-state index is 7.10. The van der Waals surface area contributed by atoms with Gasteiger partial charge in [-0.1, -0.05) is 133 Å². The second-order valence-electron chi connectivity index (χ2n) is 17.3. The zero-order valence-electron chi connectivity index (χ0n) is 30.0. The molecule has 4 fully saturated rings. The molecule has 0 saturated heterocycles. The molecule has 2 bridgehead atoms. The van der Waals surface area contributed by atoms with Crippen molar-refractivity contribution in [2.45, 2.75) is 48.9 Å². The molecule has 0 N–H and O–H groups in total. The second-order valence-corrected chi connectivity index (χ2v) is 17.3. The largest absolute Gasteiger partial charge is 0.456 e. The molecule has 13 rings (SSSR count). The summed E-state index contributed by atoms with van der Waals surface area (Å²) in [5.74, 6) is 7.33. The third-order valence-corrected chi connectivity index (χ3v) is 15.3. The lowest BCUT2D eigenvalue weighted by Gasteiger charge is -2.66. The summed E-state index contributed by atoms with van der Waals surface area (Å²) in [5.41, 5.74) is 9.68. The number of nitrogens with zero attached hydrogens (tertiary/aromatic N) is 3. The van der Waals surface area contributed by atoms with Crippen molar-refractivity contribution >= 4 is 0 Å². The SMILES string of the molecule is C1=CC2c3ccccc3C3(c4ccccc4Oc4c(-c5nc(-c6ccc(-c7ccccc7)cc6)nc(C67CC8C[C@H]9C[C@@H](C6)[C@@]89C7)n5)cccc43)C2C=C1. The first-order valence-corrected chi connectivity index (χ1v) is 19.9. The Balaban J connectivity index is 1.03. The van der Waals surface area contributed by atoms with Crippen LogP contribution >= 0.6 is 0 Å². The molecule has 5 aromatic carbocycles. The Kier molecular flexibility index (Phi) is 5.70. The topological polar surface area (TPSA) is 47.9 Å². The molecule has 260 valence electrons. The smallest absolute Gasteiger partial charge is 0.167 e. The fraction of sp³-hybridized carbons (Fsp3) is 0.260. The number of para-hydroxylation sites is 2. The zero-order chi connectivity index (χ0) is 35.2. The zero-order valence-corrected chi connectivity index (χ0v) is 30.0. The van der Waals surface area contributed by atoms with Crippen molar-refractivity contribution < 1.29 is 4.74 Å². The molecule has 4 heteroatoms. The third-order valence-electron chi connectivity index (χ3n) is 15.3. The minimum Gasteiger partial charge on any atom is -0.456 e. The summed E-state index contributed by atoms with van der Waals surface area (Å²) in [6, 6.07) is 43.8. The molecule has 6 aromatic rings. The van der Waals surface area contributed by atoms with E-state index in [2.05, 4.69) is 146 Å². The minimum absolute atomic E-state index is 0.0252. The van der Waals surface area contributed by atoms with Gasteiger partial charge < -0.3 is 4.74 Å². The highest BCUT2D eigenvalue weighted by molar-refractivity contribution is 5.78. The lowest BCUT2D eigenvalue weighted by molar-refractivity contribution is -0.175. The monoisotopic (exact) mass is 697 g/mol. The third kappa shape index (κ3) is 3.58. The van der Waals surface area contributed by atoms with Gasteiger partial charge in [-0.25, -0.2) is 15.0 Å². The van der Waals surface area contributed by atoms with E-state index in [4.69, 9.17) is 19.7 Å². The number of ether oxygens (including phenoxy) is 1. The van der Waals surface area contributed by atoms with E-state index >= 15 is 0 Å². The van der Waals surface area contributed by atoms with E-state index in [1.54, 1.807) is 0 Å². The molecule has 1 aliphatic heterocycles.